The molecule has 142 valence electrons. The van der Waals surface area contributed by atoms with E-state index in [1.165, 1.54) is 13.4 Å². The zero-order chi connectivity index (χ0) is 19.6. The molecule has 0 saturated carbocycles. The highest BCUT2D eigenvalue weighted by Gasteiger charge is 2.30. The zero-order valence-electron chi connectivity index (χ0n) is 15.9. The molecule has 1 atom stereocenters. The van der Waals surface area contributed by atoms with Crippen LogP contribution in [-0.2, 0) is 26.0 Å². The van der Waals surface area contributed by atoms with Crippen molar-refractivity contribution in [2.24, 2.45) is 0 Å². The summed E-state index contributed by atoms with van der Waals surface area (Å²) in [7, 11) is -2.70. The summed E-state index contributed by atoms with van der Waals surface area (Å²) in [5, 5.41) is 0. The fourth-order valence-electron chi connectivity index (χ4n) is 3.05. The number of carbonyl (C=O) groups is 1. The molecule has 0 unspecified atom stereocenters. The second-order valence-electron chi connectivity index (χ2n) is 6.43. The van der Waals surface area contributed by atoms with Crippen molar-refractivity contribution in [2.75, 3.05) is 7.11 Å². The molecule has 8 heteroatoms. The van der Waals surface area contributed by atoms with Gasteiger partial charge in [-0.05, 0) is 62.4 Å². The van der Waals surface area contributed by atoms with Gasteiger partial charge in [0.2, 0.25) is 10.0 Å². The molecule has 0 aliphatic heterocycles. The minimum Gasteiger partial charge on any atom is -0.468 e. The number of hydrogen-bond acceptors (Lipinski definition) is 5. The highest BCUT2D eigenvalue weighted by atomic mass is 32.2. The van der Waals surface area contributed by atoms with Gasteiger partial charge in [0.15, 0.2) is 0 Å². The second-order valence-corrected chi connectivity index (χ2v) is 8.08. The SMILES string of the molecule is COC(=O)[C@H](Cc1cnc[nH]1)NS(=O)(=O)c1c(C)c(C)c(C)c(C)c1C. The van der Waals surface area contributed by atoms with Gasteiger partial charge in [-0.25, -0.2) is 13.4 Å². The molecule has 0 amide bonds. The Balaban J connectivity index is 2.47. The van der Waals surface area contributed by atoms with E-state index in [4.69, 9.17) is 4.74 Å². The lowest BCUT2D eigenvalue weighted by atomic mass is 9.95. The van der Waals surface area contributed by atoms with Crippen molar-refractivity contribution in [3.05, 3.63) is 46.0 Å². The lowest BCUT2D eigenvalue weighted by Gasteiger charge is -2.21. The van der Waals surface area contributed by atoms with Crippen LogP contribution in [0.4, 0.5) is 0 Å². The van der Waals surface area contributed by atoms with Crippen molar-refractivity contribution in [3.63, 3.8) is 0 Å². The van der Waals surface area contributed by atoms with Crippen molar-refractivity contribution in [1.29, 1.82) is 0 Å². The van der Waals surface area contributed by atoms with E-state index in [1.807, 2.05) is 20.8 Å². The number of hydrogen-bond donors (Lipinski definition) is 2. The van der Waals surface area contributed by atoms with E-state index in [9.17, 15) is 13.2 Å². The number of aromatic nitrogens is 2. The van der Waals surface area contributed by atoms with Gasteiger partial charge < -0.3 is 9.72 Å². The van der Waals surface area contributed by atoms with Gasteiger partial charge >= 0.3 is 5.97 Å². The van der Waals surface area contributed by atoms with Crippen LogP contribution in [0.25, 0.3) is 0 Å². The average Bonchev–Trinajstić information content (AvgIpc) is 3.09. The number of imidazole rings is 1. The van der Waals surface area contributed by atoms with Crippen LogP contribution in [0.5, 0.6) is 0 Å². The molecule has 0 bridgehead atoms. The first kappa shape index (κ1) is 20.1. The van der Waals surface area contributed by atoms with Gasteiger partial charge in [-0.3, -0.25) is 4.79 Å². The fraction of sp³-hybridized carbons (Fsp3) is 0.444. The predicted octanol–water partition coefficient (Wildman–Crippen LogP) is 2.01. The number of benzene rings is 1. The minimum atomic E-state index is -3.93. The Hall–Kier alpha value is -2.19. The number of methoxy groups -OCH3 is 1. The first-order valence-electron chi connectivity index (χ1n) is 8.24. The molecular formula is C18H25N3O4S. The molecule has 0 aliphatic carbocycles. The molecule has 2 rings (SSSR count). The summed E-state index contributed by atoms with van der Waals surface area (Å²) in [4.78, 5) is 19.1. The van der Waals surface area contributed by atoms with Crippen molar-refractivity contribution >= 4 is 16.0 Å². The maximum atomic E-state index is 13.1. The number of nitrogens with one attached hydrogen (secondary N) is 2. The third-order valence-corrected chi connectivity index (χ3v) is 6.71. The number of nitrogens with zero attached hydrogens (tertiary/aromatic N) is 1. The number of esters is 1. The van der Waals surface area contributed by atoms with Gasteiger partial charge in [0.25, 0.3) is 0 Å². The van der Waals surface area contributed by atoms with E-state index in [1.54, 1.807) is 20.0 Å². The fourth-order valence-corrected chi connectivity index (χ4v) is 4.83. The van der Waals surface area contributed by atoms with Crippen molar-refractivity contribution in [1.82, 2.24) is 14.7 Å². The largest absolute Gasteiger partial charge is 0.468 e. The monoisotopic (exact) mass is 379 g/mol. The summed E-state index contributed by atoms with van der Waals surface area (Å²) < 4.78 is 33.5. The Bertz CT molecular complexity index is 889. The topological polar surface area (TPSA) is 101 Å². The molecule has 1 heterocycles. The van der Waals surface area contributed by atoms with Crippen LogP contribution in [0.3, 0.4) is 0 Å². The normalized spacial score (nSPS) is 12.8. The molecule has 26 heavy (non-hydrogen) atoms. The van der Waals surface area contributed by atoms with Crippen LogP contribution in [0.2, 0.25) is 0 Å². The molecule has 1 aromatic heterocycles. The standard InChI is InChI=1S/C18H25N3O4S/c1-10-11(2)13(4)17(14(5)12(10)3)26(23,24)21-16(18(22)25-6)7-15-8-19-9-20-15/h8-9,16,21H,7H2,1-6H3,(H,19,20)/t16-/m0/s1. The average molecular weight is 379 g/mol. The van der Waals surface area contributed by atoms with Crippen molar-refractivity contribution in [2.45, 2.75) is 52.0 Å². The first-order valence-corrected chi connectivity index (χ1v) is 9.72. The molecule has 0 spiro atoms. The van der Waals surface area contributed by atoms with E-state index in [0.29, 0.717) is 16.8 Å². The first-order chi connectivity index (χ1) is 12.1. The van der Waals surface area contributed by atoms with Crippen molar-refractivity contribution in [3.8, 4) is 0 Å². The summed E-state index contributed by atoms with van der Waals surface area (Å²) in [6, 6.07) is -1.05. The van der Waals surface area contributed by atoms with Crippen LogP contribution in [0.1, 0.15) is 33.5 Å². The Morgan fingerprint density at radius 1 is 1.12 bits per heavy atom. The van der Waals surface area contributed by atoms with Crippen LogP contribution in [0, 0.1) is 34.6 Å². The van der Waals surface area contributed by atoms with Crippen LogP contribution >= 0.6 is 0 Å². The van der Waals surface area contributed by atoms with Crippen molar-refractivity contribution < 1.29 is 17.9 Å². The highest BCUT2D eigenvalue weighted by molar-refractivity contribution is 7.89. The predicted molar refractivity (Wildman–Crippen MR) is 98.5 cm³/mol. The Labute approximate surface area is 154 Å². The summed E-state index contributed by atoms with van der Waals surface area (Å²) >= 11 is 0. The lowest BCUT2D eigenvalue weighted by Crippen LogP contribution is -2.43. The van der Waals surface area contributed by atoms with Crippen LogP contribution in [0.15, 0.2) is 17.4 Å². The van der Waals surface area contributed by atoms with Gasteiger partial charge in [-0.15, -0.1) is 0 Å². The van der Waals surface area contributed by atoms with E-state index < -0.39 is 22.0 Å². The Kier molecular flexibility index (Phi) is 5.87. The number of ether oxygens (including phenoxy) is 1. The van der Waals surface area contributed by atoms with Gasteiger partial charge in [-0.2, -0.15) is 4.72 Å². The lowest BCUT2D eigenvalue weighted by molar-refractivity contribution is -0.142. The van der Waals surface area contributed by atoms with E-state index in [-0.39, 0.29) is 11.3 Å². The molecule has 0 radical (unpaired) electrons. The third kappa shape index (κ3) is 3.81. The van der Waals surface area contributed by atoms with Gasteiger partial charge in [0, 0.05) is 18.3 Å². The van der Waals surface area contributed by atoms with Gasteiger partial charge in [0.1, 0.15) is 6.04 Å². The number of rotatable bonds is 6. The number of carbonyl (C=O) groups excluding carboxylic acids is 1. The molecule has 0 aliphatic rings. The maximum Gasteiger partial charge on any atom is 0.324 e. The highest BCUT2D eigenvalue weighted by Crippen LogP contribution is 2.29. The maximum absolute atomic E-state index is 13.1. The van der Waals surface area contributed by atoms with Gasteiger partial charge in [0.05, 0.1) is 18.3 Å². The Morgan fingerprint density at radius 3 is 2.12 bits per heavy atom. The van der Waals surface area contributed by atoms with Crippen LogP contribution in [-0.4, -0.2) is 37.5 Å². The molecule has 7 nitrogen and oxygen atoms in total. The molecule has 1 aromatic carbocycles. The molecule has 2 N–H and O–H groups in total. The molecular weight excluding hydrogens is 354 g/mol. The summed E-state index contributed by atoms with van der Waals surface area (Å²) in [6.07, 6.45) is 3.13. The second kappa shape index (κ2) is 7.59. The quantitative estimate of drug-likeness (QED) is 0.748. The number of H-pyrrole nitrogens is 1. The number of sulfonamides is 1. The molecule has 2 aromatic rings. The summed E-state index contributed by atoms with van der Waals surface area (Å²) in [5.41, 5.74) is 4.92. The molecule has 0 fully saturated rings. The zero-order valence-corrected chi connectivity index (χ0v) is 16.7. The van der Waals surface area contributed by atoms with E-state index in [2.05, 4.69) is 14.7 Å². The van der Waals surface area contributed by atoms with Crippen LogP contribution < -0.4 is 4.72 Å². The Morgan fingerprint density at radius 2 is 1.65 bits per heavy atom. The van der Waals surface area contributed by atoms with E-state index >= 15 is 0 Å². The summed E-state index contributed by atoms with van der Waals surface area (Å²) in [6.45, 7) is 9.35. The smallest absolute Gasteiger partial charge is 0.324 e. The molecule has 0 saturated heterocycles. The number of aromatic amines is 1. The third-order valence-electron chi connectivity index (χ3n) is 4.96. The minimum absolute atomic E-state index is 0.119. The van der Waals surface area contributed by atoms with Gasteiger partial charge in [-0.1, -0.05) is 0 Å². The van der Waals surface area contributed by atoms with E-state index in [0.717, 1.165) is 16.7 Å². The summed E-state index contributed by atoms with van der Waals surface area (Å²) in [5.74, 6) is -0.654.